The number of oxazole rings is 3. The SMILES string of the molecule is C=C1N=C(O)c2nc(oc2C)C(=C)N=C(O)[C@H](C(C)(C)O)N=C(O)C(=C)N=C(O)c2nc(oc2C)/C(=C/C)N=C(O)[C@H]([C@@H](C)O)N=C(O)c2csc(n2)-c2ccc(C(N)=O)nc2-c2coc(n2)C(=C)N=C1O. The highest BCUT2D eigenvalue weighted by Gasteiger charge is 2.34. The normalized spacial score (nSPS) is 18.3. The number of pyridine rings is 1. The van der Waals surface area contributed by atoms with E-state index in [1.165, 1.54) is 65.1 Å². The van der Waals surface area contributed by atoms with Crippen molar-refractivity contribution < 1.29 is 64.0 Å². The van der Waals surface area contributed by atoms with Gasteiger partial charge in [0, 0.05) is 10.9 Å². The molecule has 8 bridgehead atoms. The second-order valence-electron chi connectivity index (χ2n) is 15.7. The van der Waals surface area contributed by atoms with Crippen LogP contribution in [0.2, 0.25) is 0 Å². The van der Waals surface area contributed by atoms with Gasteiger partial charge in [-0.15, -0.1) is 11.3 Å². The van der Waals surface area contributed by atoms with E-state index in [4.69, 9.17) is 19.0 Å². The Morgan fingerprint density at radius 1 is 0.708 bits per heavy atom. The second kappa shape index (κ2) is 20.8. The van der Waals surface area contributed by atoms with Crippen LogP contribution in [0.3, 0.4) is 0 Å². The van der Waals surface area contributed by atoms with Gasteiger partial charge in [0.05, 0.1) is 11.7 Å². The molecular weight excluding hydrogens is 963 g/mol. The molecule has 72 heavy (non-hydrogen) atoms. The summed E-state index contributed by atoms with van der Waals surface area (Å²) in [6, 6.07) is -0.566. The number of nitrogens with two attached hydrogens (primary N) is 1. The second-order valence-corrected chi connectivity index (χ2v) is 16.6. The van der Waals surface area contributed by atoms with Crippen LogP contribution in [0.15, 0.2) is 116 Å². The monoisotopic (exact) mass is 1010 g/mol. The van der Waals surface area contributed by atoms with Gasteiger partial charge < -0.3 is 64.9 Å². The molecule has 0 aromatic carbocycles. The predicted octanol–water partition coefficient (Wildman–Crippen LogP) is 5.92. The van der Waals surface area contributed by atoms with Crippen LogP contribution in [0.4, 0.5) is 0 Å². The van der Waals surface area contributed by atoms with E-state index in [2.05, 4.69) is 86.2 Å². The highest BCUT2D eigenvalue weighted by Crippen LogP contribution is 2.34. The van der Waals surface area contributed by atoms with Crippen molar-refractivity contribution >= 4 is 75.6 Å². The molecule has 0 saturated heterocycles. The largest absolute Gasteiger partial charge is 0.495 e. The van der Waals surface area contributed by atoms with Crippen LogP contribution in [-0.4, -0.2) is 142 Å². The number of allylic oxidation sites excluding steroid dienone is 1. The Morgan fingerprint density at radius 2 is 1.29 bits per heavy atom. The zero-order valence-electron chi connectivity index (χ0n) is 39.0. The van der Waals surface area contributed by atoms with Gasteiger partial charge in [0.25, 0.3) is 5.91 Å². The van der Waals surface area contributed by atoms with Crippen LogP contribution in [0.25, 0.3) is 39.1 Å². The van der Waals surface area contributed by atoms with Gasteiger partial charge in [0.15, 0.2) is 23.5 Å². The summed E-state index contributed by atoms with van der Waals surface area (Å²) in [4.78, 5) is 61.4. The summed E-state index contributed by atoms with van der Waals surface area (Å²) in [6.45, 7) is 22.7. The van der Waals surface area contributed by atoms with Gasteiger partial charge in [-0.2, -0.15) is 0 Å². The molecule has 0 spiro atoms. The Morgan fingerprint density at radius 3 is 1.89 bits per heavy atom. The third kappa shape index (κ3) is 11.4. The maximum Gasteiger partial charge on any atom is 0.267 e. The van der Waals surface area contributed by atoms with Gasteiger partial charge in [-0.1, -0.05) is 32.4 Å². The summed E-state index contributed by atoms with van der Waals surface area (Å²) >= 11 is 0.995. The van der Waals surface area contributed by atoms with E-state index in [0.717, 1.165) is 17.6 Å². The zero-order chi connectivity index (χ0) is 53.1. The predicted molar refractivity (Wildman–Crippen MR) is 265 cm³/mol. The minimum absolute atomic E-state index is 0.00483. The van der Waals surface area contributed by atoms with E-state index in [0.29, 0.717) is 0 Å². The lowest BCUT2D eigenvalue weighted by molar-refractivity contribution is 0.0681. The highest BCUT2D eigenvalue weighted by molar-refractivity contribution is 7.13. The number of primary amides is 1. The molecule has 6 heterocycles. The van der Waals surface area contributed by atoms with Gasteiger partial charge in [-0.25, -0.2) is 59.9 Å². The molecule has 27 heteroatoms. The molecule has 5 aromatic rings. The van der Waals surface area contributed by atoms with Crippen molar-refractivity contribution in [3.63, 3.8) is 0 Å². The minimum Gasteiger partial charge on any atom is -0.495 e. The Labute approximate surface area is 410 Å². The zero-order valence-corrected chi connectivity index (χ0v) is 39.8. The van der Waals surface area contributed by atoms with Crippen LogP contribution in [0.5, 0.6) is 0 Å². The van der Waals surface area contributed by atoms with E-state index in [1.54, 1.807) is 0 Å². The smallest absolute Gasteiger partial charge is 0.267 e. The Balaban J connectivity index is 1.47. The third-order valence-electron chi connectivity index (χ3n) is 9.73. The number of nitrogens with zero attached hydrogens (tertiary/aromatic N) is 12. The molecule has 5 aromatic heterocycles. The van der Waals surface area contributed by atoms with E-state index in [9.17, 15) is 50.8 Å². The number of carbonyl (C=O) groups is 1. The van der Waals surface area contributed by atoms with Crippen LogP contribution in [0.1, 0.15) is 84.5 Å². The number of aliphatic hydroxyl groups is 9. The lowest BCUT2D eigenvalue weighted by Crippen LogP contribution is -2.41. The summed E-state index contributed by atoms with van der Waals surface area (Å²) in [5, 5.41) is 100. The van der Waals surface area contributed by atoms with E-state index >= 15 is 0 Å². The topological polar surface area (TPSA) is 416 Å². The molecule has 1 amide bonds. The van der Waals surface area contributed by atoms with Crippen LogP contribution >= 0.6 is 11.3 Å². The summed E-state index contributed by atoms with van der Waals surface area (Å²) < 4.78 is 16.9. The van der Waals surface area contributed by atoms with E-state index in [-0.39, 0.29) is 91.0 Å². The molecule has 0 aliphatic carbocycles. The first-order chi connectivity index (χ1) is 33.8. The number of hydrogen-bond donors (Lipinski definition) is 10. The molecule has 3 atom stereocenters. The third-order valence-corrected chi connectivity index (χ3v) is 10.6. The lowest BCUT2D eigenvalue weighted by atomic mass is 9.99. The Hall–Kier alpha value is -9.21. The standard InChI is InChI=1S/C45H45N13O13S/c1-11-24-43-57-30(22(8)71-43)39(66)48-17(3)35(62)58-32(45(9,10)68)40(67)50-19(5)42-56-29(21(7)70-42)38(65)47-16(2)34(61)49-18(4)41-53-26(14-69-41)31-23(12-13-25(51-31)33(46)60)44-54-27(15-72-44)36(63)55-28(20(6)59)37(64)52-24/h11-15,20,28,32,59,68H,2-5H2,1,6-10H3,(H2,46,60)(H,47,65)(H,48,66)(H,49,61)(H,50,67)(H,52,64)(H,55,63)(H,58,62)/b24-11-/t20-,28+,32-/m1/s1. The van der Waals surface area contributed by atoms with Gasteiger partial charge in [0.2, 0.25) is 59.0 Å². The van der Waals surface area contributed by atoms with Crippen molar-refractivity contribution in [1.82, 2.24) is 24.9 Å². The maximum atomic E-state index is 12.2. The number of amides is 1. The highest BCUT2D eigenvalue weighted by atomic mass is 32.1. The summed E-state index contributed by atoms with van der Waals surface area (Å²) in [5.41, 5.74) is 1.12. The molecule has 11 N–H and O–H groups in total. The first-order valence-electron chi connectivity index (χ1n) is 20.7. The number of aromatic nitrogens is 5. The number of carbonyl (C=O) groups excluding carboxylic acids is 1. The lowest BCUT2D eigenvalue weighted by Gasteiger charge is -2.24. The van der Waals surface area contributed by atoms with Gasteiger partial charge >= 0.3 is 0 Å². The van der Waals surface area contributed by atoms with Gasteiger partial charge in [0.1, 0.15) is 74.1 Å². The molecule has 6 rings (SSSR count). The summed E-state index contributed by atoms with van der Waals surface area (Å²) in [7, 11) is 0. The first-order valence-corrected chi connectivity index (χ1v) is 21.6. The fourth-order valence-corrected chi connectivity index (χ4v) is 6.93. The number of aliphatic imine (C=N–C) groups is 7. The van der Waals surface area contributed by atoms with E-state index in [1.807, 2.05) is 0 Å². The summed E-state index contributed by atoms with van der Waals surface area (Å²) in [6.07, 6.45) is 1.03. The number of thiazole rings is 1. The Kier molecular flexibility index (Phi) is 15.1. The van der Waals surface area contributed by atoms with Crippen LogP contribution in [0, 0.1) is 13.8 Å². The molecule has 0 unspecified atom stereocenters. The molecule has 1 aliphatic rings. The van der Waals surface area contributed by atoms with Crippen molar-refractivity contribution in [1.29, 1.82) is 0 Å². The van der Waals surface area contributed by atoms with Crippen molar-refractivity contribution in [2.24, 2.45) is 40.7 Å². The molecule has 0 fully saturated rings. The quantitative estimate of drug-likeness (QED) is 0.100. The van der Waals surface area contributed by atoms with Crippen LogP contribution < -0.4 is 5.73 Å². The molecule has 374 valence electrons. The van der Waals surface area contributed by atoms with Crippen molar-refractivity contribution in [3.8, 4) is 22.0 Å². The molecule has 1 aliphatic heterocycles. The maximum absolute atomic E-state index is 12.2. The fraction of sp³-hybridized carbons (Fsp3) is 0.222. The van der Waals surface area contributed by atoms with E-state index < -0.39 is 82.4 Å². The average molecular weight is 1010 g/mol. The fourth-order valence-electron chi connectivity index (χ4n) is 6.10. The van der Waals surface area contributed by atoms with Gasteiger partial charge in [-0.3, -0.25) is 4.79 Å². The molecule has 0 radical (unpaired) electrons. The molecule has 26 nitrogen and oxygen atoms in total. The first kappa shape index (κ1) is 52.2. The number of fused-ring (bicyclic) bond motifs is 11. The number of aliphatic hydroxyl groups excluding tert-OH is 8. The number of rotatable bonds is 3. The van der Waals surface area contributed by atoms with Crippen molar-refractivity contribution in [2.45, 2.75) is 65.3 Å². The van der Waals surface area contributed by atoms with Gasteiger partial charge in [-0.05, 0) is 53.7 Å². The van der Waals surface area contributed by atoms with Crippen molar-refractivity contribution in [2.75, 3.05) is 0 Å². The number of hydrogen-bond acceptors (Lipinski definition) is 19. The summed E-state index contributed by atoms with van der Waals surface area (Å²) in [5.74, 6) is -7.90. The average Bonchev–Trinajstić information content (AvgIpc) is 4.15. The Bertz CT molecular complexity index is 3300. The van der Waals surface area contributed by atoms with Crippen molar-refractivity contribution in [3.05, 3.63) is 120 Å². The minimum atomic E-state index is -1.94. The molecular formula is C45H45N13O13S. The van der Waals surface area contributed by atoms with Crippen LogP contribution in [-0.2, 0) is 0 Å². The number of aryl methyl sites for hydroxylation is 2. The molecule has 0 saturated carbocycles.